The lowest BCUT2D eigenvalue weighted by molar-refractivity contribution is 0.302. The molecule has 1 aliphatic carbocycles. The number of allylic oxidation sites excluding steroid dienone is 3. The zero-order valence-electron chi connectivity index (χ0n) is 7.92. The van der Waals surface area contributed by atoms with Crippen molar-refractivity contribution in [2.24, 2.45) is 5.92 Å². The van der Waals surface area contributed by atoms with E-state index in [0.29, 0.717) is 5.92 Å². The topological polar surface area (TPSA) is 9.23 Å². The highest BCUT2D eigenvalue weighted by molar-refractivity contribution is 5.17. The van der Waals surface area contributed by atoms with Crippen molar-refractivity contribution < 1.29 is 4.74 Å². The van der Waals surface area contributed by atoms with Crippen molar-refractivity contribution in [3.63, 3.8) is 0 Å². The van der Waals surface area contributed by atoms with Gasteiger partial charge in [0.1, 0.15) is 5.76 Å². The van der Waals surface area contributed by atoms with Crippen LogP contribution in [0.5, 0.6) is 0 Å². The van der Waals surface area contributed by atoms with Crippen LogP contribution in [0.25, 0.3) is 0 Å². The fourth-order valence-electron chi connectivity index (χ4n) is 0.859. The fraction of sp³-hybridized carbons (Fsp3) is 0.600. The molecule has 0 fully saturated rings. The Morgan fingerprint density at radius 1 is 1.45 bits per heavy atom. The van der Waals surface area contributed by atoms with Gasteiger partial charge in [-0.3, -0.25) is 0 Å². The van der Waals surface area contributed by atoms with Gasteiger partial charge >= 0.3 is 0 Å². The second-order valence-corrected chi connectivity index (χ2v) is 2.38. The maximum Gasteiger partial charge on any atom is 0.114 e. The molecule has 0 aromatic carbocycles. The molecule has 0 aromatic rings. The van der Waals surface area contributed by atoms with Crippen LogP contribution in [0.1, 0.15) is 27.2 Å². The largest absolute Gasteiger partial charge is 0.497 e. The van der Waals surface area contributed by atoms with Crippen LogP contribution in [0, 0.1) is 5.92 Å². The molecule has 1 atom stereocenters. The molecule has 11 heavy (non-hydrogen) atoms. The van der Waals surface area contributed by atoms with Gasteiger partial charge in [-0.15, -0.1) is 0 Å². The summed E-state index contributed by atoms with van der Waals surface area (Å²) in [5.41, 5.74) is 0. The van der Waals surface area contributed by atoms with E-state index in [2.05, 4.69) is 19.1 Å². The summed E-state index contributed by atoms with van der Waals surface area (Å²) in [6.45, 7) is 6.19. The Balaban J connectivity index is 0.000000461. The summed E-state index contributed by atoms with van der Waals surface area (Å²) in [5.74, 6) is 1.68. The minimum atomic E-state index is 0.684. The zero-order chi connectivity index (χ0) is 8.69. The van der Waals surface area contributed by atoms with Crippen LogP contribution in [0.2, 0.25) is 0 Å². The number of hydrogen-bond donors (Lipinski definition) is 0. The molecule has 0 radical (unpaired) electrons. The Hall–Kier alpha value is -0.720. The van der Waals surface area contributed by atoms with E-state index in [1.807, 2.05) is 19.9 Å². The van der Waals surface area contributed by atoms with Gasteiger partial charge in [-0.1, -0.05) is 26.8 Å². The van der Waals surface area contributed by atoms with Crippen LogP contribution < -0.4 is 0 Å². The van der Waals surface area contributed by atoms with Gasteiger partial charge in [0, 0.05) is 0 Å². The summed E-state index contributed by atoms with van der Waals surface area (Å²) in [5, 5.41) is 0. The molecule has 1 rings (SSSR count). The van der Waals surface area contributed by atoms with Crippen molar-refractivity contribution >= 4 is 0 Å². The Kier molecular flexibility index (Phi) is 5.63. The molecule has 0 heterocycles. The van der Waals surface area contributed by atoms with Gasteiger partial charge in [-0.05, 0) is 24.5 Å². The minimum absolute atomic E-state index is 0.684. The summed E-state index contributed by atoms with van der Waals surface area (Å²) < 4.78 is 5.01. The number of rotatable bonds is 1. The first-order valence-electron chi connectivity index (χ1n) is 4.25. The summed E-state index contributed by atoms with van der Waals surface area (Å²) in [7, 11) is 1.70. The average molecular weight is 154 g/mol. The maximum absolute atomic E-state index is 5.01. The summed E-state index contributed by atoms with van der Waals surface area (Å²) in [4.78, 5) is 0. The maximum atomic E-state index is 5.01. The molecular weight excluding hydrogens is 136 g/mol. The van der Waals surface area contributed by atoms with E-state index in [0.717, 1.165) is 12.2 Å². The molecule has 0 aliphatic heterocycles. The molecule has 0 amide bonds. The highest BCUT2D eigenvalue weighted by Gasteiger charge is 2.01. The first kappa shape index (κ1) is 10.3. The Morgan fingerprint density at radius 3 is 2.45 bits per heavy atom. The van der Waals surface area contributed by atoms with Gasteiger partial charge in [-0.25, -0.2) is 0 Å². The van der Waals surface area contributed by atoms with Crippen molar-refractivity contribution in [1.29, 1.82) is 0 Å². The monoisotopic (exact) mass is 154 g/mol. The summed E-state index contributed by atoms with van der Waals surface area (Å²) in [6, 6.07) is 0. The minimum Gasteiger partial charge on any atom is -0.497 e. The molecule has 1 nitrogen and oxygen atoms in total. The van der Waals surface area contributed by atoms with Crippen molar-refractivity contribution in [3.05, 3.63) is 24.0 Å². The molecule has 0 aromatic heterocycles. The first-order chi connectivity index (χ1) is 5.33. The molecule has 0 bridgehead atoms. The smallest absolute Gasteiger partial charge is 0.114 e. The predicted octanol–water partition coefficient (Wildman–Crippen LogP) is 3.14. The Labute approximate surface area is 69.8 Å². The molecule has 64 valence electrons. The van der Waals surface area contributed by atoms with E-state index in [9.17, 15) is 0 Å². The first-order valence-corrected chi connectivity index (χ1v) is 4.25. The lowest BCUT2D eigenvalue weighted by atomic mass is 10.0. The third-order valence-electron chi connectivity index (χ3n) is 1.52. The molecule has 0 saturated carbocycles. The van der Waals surface area contributed by atoms with Crippen LogP contribution in [-0.4, -0.2) is 7.11 Å². The standard InChI is InChI=1S/C8H12O.C2H6/c1-7-3-5-8(9-2)6-4-7;1-2/h3,5-7H,4H2,1-2H3;1-2H3. The average Bonchev–Trinajstić information content (AvgIpc) is 2.10. The second-order valence-electron chi connectivity index (χ2n) is 2.38. The van der Waals surface area contributed by atoms with E-state index in [1.165, 1.54) is 0 Å². The highest BCUT2D eigenvalue weighted by atomic mass is 16.5. The SMILES string of the molecule is CC.COC1=CCC(C)C=C1. The highest BCUT2D eigenvalue weighted by Crippen LogP contribution is 2.14. The molecule has 1 unspecified atom stereocenters. The zero-order valence-corrected chi connectivity index (χ0v) is 7.92. The van der Waals surface area contributed by atoms with Crippen LogP contribution in [0.4, 0.5) is 0 Å². The normalized spacial score (nSPS) is 21.5. The lowest BCUT2D eigenvalue weighted by Gasteiger charge is -2.09. The van der Waals surface area contributed by atoms with Gasteiger partial charge < -0.3 is 4.74 Å². The van der Waals surface area contributed by atoms with Gasteiger partial charge in [0.15, 0.2) is 0 Å². The number of ether oxygens (including phenoxy) is 1. The predicted molar refractivity (Wildman–Crippen MR) is 49.4 cm³/mol. The third-order valence-corrected chi connectivity index (χ3v) is 1.52. The third kappa shape index (κ3) is 3.87. The van der Waals surface area contributed by atoms with Crippen molar-refractivity contribution in [3.8, 4) is 0 Å². The molecule has 1 aliphatic rings. The molecule has 1 heteroatoms. The summed E-state index contributed by atoms with van der Waals surface area (Å²) in [6.07, 6.45) is 7.41. The van der Waals surface area contributed by atoms with Gasteiger partial charge in [0.25, 0.3) is 0 Å². The van der Waals surface area contributed by atoms with Gasteiger partial charge in [-0.2, -0.15) is 0 Å². The van der Waals surface area contributed by atoms with Crippen LogP contribution in [0.15, 0.2) is 24.0 Å². The molecule has 0 spiro atoms. The van der Waals surface area contributed by atoms with Crippen molar-refractivity contribution in [1.82, 2.24) is 0 Å². The van der Waals surface area contributed by atoms with Crippen molar-refractivity contribution in [2.45, 2.75) is 27.2 Å². The van der Waals surface area contributed by atoms with Gasteiger partial charge in [0.2, 0.25) is 0 Å². The Morgan fingerprint density at radius 2 is 2.09 bits per heavy atom. The van der Waals surface area contributed by atoms with E-state index in [-0.39, 0.29) is 0 Å². The quantitative estimate of drug-likeness (QED) is 0.563. The fourth-order valence-corrected chi connectivity index (χ4v) is 0.859. The van der Waals surface area contributed by atoms with E-state index < -0.39 is 0 Å². The molecule has 0 saturated heterocycles. The van der Waals surface area contributed by atoms with Crippen LogP contribution in [0.3, 0.4) is 0 Å². The van der Waals surface area contributed by atoms with E-state index in [4.69, 9.17) is 4.74 Å². The lowest BCUT2D eigenvalue weighted by Crippen LogP contribution is -1.94. The van der Waals surface area contributed by atoms with Crippen LogP contribution in [-0.2, 0) is 4.74 Å². The van der Waals surface area contributed by atoms with E-state index in [1.54, 1.807) is 7.11 Å². The molecule has 0 N–H and O–H groups in total. The number of hydrogen-bond acceptors (Lipinski definition) is 1. The molecular formula is C10H18O. The second kappa shape index (κ2) is 6.02. The van der Waals surface area contributed by atoms with Crippen molar-refractivity contribution in [2.75, 3.05) is 7.11 Å². The number of methoxy groups -OCH3 is 1. The van der Waals surface area contributed by atoms with E-state index >= 15 is 0 Å². The summed E-state index contributed by atoms with van der Waals surface area (Å²) >= 11 is 0. The van der Waals surface area contributed by atoms with Gasteiger partial charge in [0.05, 0.1) is 7.11 Å². The Bertz CT molecular complexity index is 145. The van der Waals surface area contributed by atoms with Crippen LogP contribution >= 0.6 is 0 Å².